The molecule has 0 fully saturated rings. The van der Waals surface area contributed by atoms with E-state index in [0.29, 0.717) is 26.4 Å². The minimum atomic E-state index is -0.326. The standard InChI is InChI=1S/C15H28N2O4/c1-4-6-8-17-10-9-16(3)15(17)21-14(18)7-11-20-13-12-19-5-2/h9-10,15H,4-8,11-13H2,1-3H3. The number of carbonyl (C=O) groups is 1. The summed E-state index contributed by atoms with van der Waals surface area (Å²) >= 11 is 0. The second kappa shape index (κ2) is 10.5. The Morgan fingerprint density at radius 1 is 1.14 bits per heavy atom. The van der Waals surface area contributed by atoms with Crippen LogP contribution in [0.15, 0.2) is 12.4 Å². The van der Waals surface area contributed by atoms with Gasteiger partial charge in [-0.3, -0.25) is 4.79 Å². The smallest absolute Gasteiger partial charge is 0.311 e. The average Bonchev–Trinajstić information content (AvgIpc) is 2.81. The lowest BCUT2D eigenvalue weighted by molar-refractivity contribution is -0.168. The third-order valence-electron chi connectivity index (χ3n) is 3.16. The van der Waals surface area contributed by atoms with Gasteiger partial charge in [-0.1, -0.05) is 13.3 Å². The predicted octanol–water partition coefficient (Wildman–Crippen LogP) is 1.78. The molecule has 1 aliphatic heterocycles. The fourth-order valence-electron chi connectivity index (χ4n) is 1.94. The Kier molecular flexibility index (Phi) is 8.85. The van der Waals surface area contributed by atoms with Crippen LogP contribution in [-0.2, 0) is 19.0 Å². The molecule has 1 rings (SSSR count). The van der Waals surface area contributed by atoms with Crippen LogP contribution in [0.4, 0.5) is 0 Å². The van der Waals surface area contributed by atoms with E-state index in [-0.39, 0.29) is 18.7 Å². The van der Waals surface area contributed by atoms with Crippen molar-refractivity contribution in [3.8, 4) is 0 Å². The van der Waals surface area contributed by atoms with Gasteiger partial charge >= 0.3 is 5.97 Å². The van der Waals surface area contributed by atoms with Gasteiger partial charge < -0.3 is 24.0 Å². The van der Waals surface area contributed by atoms with Gasteiger partial charge in [-0.2, -0.15) is 0 Å². The summed E-state index contributed by atoms with van der Waals surface area (Å²) in [6.07, 6.45) is 6.01. The quantitative estimate of drug-likeness (QED) is 0.428. The van der Waals surface area contributed by atoms with Gasteiger partial charge in [0.05, 0.1) is 26.2 Å². The maximum absolute atomic E-state index is 11.8. The van der Waals surface area contributed by atoms with Crippen molar-refractivity contribution in [1.29, 1.82) is 0 Å². The molecule has 21 heavy (non-hydrogen) atoms. The zero-order chi connectivity index (χ0) is 15.5. The Morgan fingerprint density at radius 2 is 1.90 bits per heavy atom. The third-order valence-corrected chi connectivity index (χ3v) is 3.16. The fourth-order valence-corrected chi connectivity index (χ4v) is 1.94. The first-order valence-corrected chi connectivity index (χ1v) is 7.70. The van der Waals surface area contributed by atoms with E-state index < -0.39 is 0 Å². The largest absolute Gasteiger partial charge is 0.422 e. The van der Waals surface area contributed by atoms with E-state index in [0.717, 1.165) is 19.4 Å². The number of unbranched alkanes of at least 4 members (excludes halogenated alkanes) is 1. The average molecular weight is 300 g/mol. The molecule has 0 spiro atoms. The van der Waals surface area contributed by atoms with Crippen LogP contribution >= 0.6 is 0 Å². The summed E-state index contributed by atoms with van der Waals surface area (Å²) in [6, 6.07) is 0. The first-order chi connectivity index (χ1) is 10.2. The number of nitrogens with zero attached hydrogens (tertiary/aromatic N) is 2. The van der Waals surface area contributed by atoms with Crippen LogP contribution < -0.4 is 0 Å². The van der Waals surface area contributed by atoms with Crippen molar-refractivity contribution >= 4 is 5.97 Å². The van der Waals surface area contributed by atoms with Crippen molar-refractivity contribution in [1.82, 2.24) is 9.80 Å². The molecule has 0 bridgehead atoms. The molecule has 0 aromatic carbocycles. The van der Waals surface area contributed by atoms with Crippen molar-refractivity contribution in [3.63, 3.8) is 0 Å². The minimum absolute atomic E-state index is 0.242. The third kappa shape index (κ3) is 6.82. The molecule has 0 radical (unpaired) electrons. The number of esters is 1. The lowest BCUT2D eigenvalue weighted by atomic mass is 10.3. The van der Waals surface area contributed by atoms with Crippen LogP contribution in [0.5, 0.6) is 0 Å². The molecule has 0 saturated carbocycles. The highest BCUT2D eigenvalue weighted by atomic mass is 16.6. The molecule has 1 unspecified atom stereocenters. The van der Waals surface area contributed by atoms with E-state index in [2.05, 4.69) is 6.92 Å². The molecule has 1 atom stereocenters. The molecule has 0 amide bonds. The summed E-state index contributed by atoms with van der Waals surface area (Å²) in [5.41, 5.74) is 0. The summed E-state index contributed by atoms with van der Waals surface area (Å²) in [5.74, 6) is -0.242. The minimum Gasteiger partial charge on any atom is -0.422 e. The zero-order valence-corrected chi connectivity index (χ0v) is 13.4. The van der Waals surface area contributed by atoms with Crippen LogP contribution in [0, 0.1) is 0 Å². The van der Waals surface area contributed by atoms with Crippen LogP contribution in [0.1, 0.15) is 33.1 Å². The van der Waals surface area contributed by atoms with E-state index in [1.807, 2.05) is 36.2 Å². The lowest BCUT2D eigenvalue weighted by Crippen LogP contribution is -2.41. The Hall–Kier alpha value is -1.27. The maximum Gasteiger partial charge on any atom is 0.311 e. The lowest BCUT2D eigenvalue weighted by Gasteiger charge is -2.29. The van der Waals surface area contributed by atoms with Gasteiger partial charge in [0.1, 0.15) is 0 Å². The highest BCUT2D eigenvalue weighted by Crippen LogP contribution is 2.16. The second-order valence-electron chi connectivity index (χ2n) is 4.93. The highest BCUT2D eigenvalue weighted by molar-refractivity contribution is 5.69. The molecule has 0 aromatic rings. The Bertz CT molecular complexity index is 323. The molecule has 0 aromatic heterocycles. The summed E-state index contributed by atoms with van der Waals surface area (Å²) in [4.78, 5) is 15.8. The summed E-state index contributed by atoms with van der Waals surface area (Å²) in [5, 5.41) is 0. The van der Waals surface area contributed by atoms with Crippen LogP contribution in [0.2, 0.25) is 0 Å². The molecule has 6 nitrogen and oxygen atoms in total. The predicted molar refractivity (Wildman–Crippen MR) is 80.3 cm³/mol. The Labute approximate surface area is 127 Å². The summed E-state index contributed by atoms with van der Waals surface area (Å²) < 4.78 is 16.0. The van der Waals surface area contributed by atoms with Crippen molar-refractivity contribution in [3.05, 3.63) is 12.4 Å². The Balaban J connectivity index is 2.19. The summed E-state index contributed by atoms with van der Waals surface area (Å²) in [7, 11) is 1.90. The van der Waals surface area contributed by atoms with Gasteiger partial charge in [0.2, 0.25) is 0 Å². The van der Waals surface area contributed by atoms with Gasteiger partial charge in [-0.15, -0.1) is 0 Å². The van der Waals surface area contributed by atoms with Gasteiger partial charge in [-0.05, 0) is 13.3 Å². The Morgan fingerprint density at radius 3 is 2.62 bits per heavy atom. The molecule has 0 aliphatic carbocycles. The number of rotatable bonds is 11. The van der Waals surface area contributed by atoms with Gasteiger partial charge in [0.25, 0.3) is 6.35 Å². The van der Waals surface area contributed by atoms with Gasteiger partial charge in [0, 0.05) is 32.6 Å². The maximum atomic E-state index is 11.8. The molecule has 0 saturated heterocycles. The first kappa shape index (κ1) is 17.8. The van der Waals surface area contributed by atoms with Crippen LogP contribution in [-0.4, -0.2) is 62.1 Å². The first-order valence-electron chi connectivity index (χ1n) is 7.70. The fraction of sp³-hybridized carbons (Fsp3) is 0.800. The number of hydrogen-bond acceptors (Lipinski definition) is 6. The monoisotopic (exact) mass is 300 g/mol. The molecule has 1 heterocycles. The highest BCUT2D eigenvalue weighted by Gasteiger charge is 2.26. The normalized spacial score (nSPS) is 17.6. The number of carbonyl (C=O) groups excluding carboxylic acids is 1. The van der Waals surface area contributed by atoms with Gasteiger partial charge in [-0.25, -0.2) is 0 Å². The van der Waals surface area contributed by atoms with Crippen molar-refractivity contribution in [2.24, 2.45) is 0 Å². The zero-order valence-electron chi connectivity index (χ0n) is 13.4. The van der Waals surface area contributed by atoms with Crippen LogP contribution in [0.3, 0.4) is 0 Å². The molecule has 1 aliphatic rings. The van der Waals surface area contributed by atoms with E-state index >= 15 is 0 Å². The molecular formula is C15H28N2O4. The molecular weight excluding hydrogens is 272 g/mol. The number of hydrogen-bond donors (Lipinski definition) is 0. The topological polar surface area (TPSA) is 51.2 Å². The van der Waals surface area contributed by atoms with E-state index in [4.69, 9.17) is 14.2 Å². The van der Waals surface area contributed by atoms with Gasteiger partial charge in [0.15, 0.2) is 0 Å². The molecule has 122 valence electrons. The second-order valence-corrected chi connectivity index (χ2v) is 4.93. The van der Waals surface area contributed by atoms with E-state index in [1.165, 1.54) is 0 Å². The summed E-state index contributed by atoms with van der Waals surface area (Å²) in [6.45, 7) is 7.09. The SMILES string of the molecule is CCCCN1C=CN(C)C1OC(=O)CCOCCOCC. The molecule has 6 heteroatoms. The molecule has 0 N–H and O–H groups in total. The van der Waals surface area contributed by atoms with E-state index in [9.17, 15) is 4.79 Å². The number of ether oxygens (including phenoxy) is 3. The van der Waals surface area contributed by atoms with Crippen LogP contribution in [0.25, 0.3) is 0 Å². The van der Waals surface area contributed by atoms with Crippen molar-refractivity contribution in [2.45, 2.75) is 39.5 Å². The van der Waals surface area contributed by atoms with Crippen molar-refractivity contribution in [2.75, 3.05) is 40.0 Å². The van der Waals surface area contributed by atoms with Crippen molar-refractivity contribution < 1.29 is 19.0 Å². The van der Waals surface area contributed by atoms with E-state index in [1.54, 1.807) is 0 Å².